The lowest BCUT2D eigenvalue weighted by molar-refractivity contribution is 0.205. The number of para-hydroxylation sites is 2. The molecule has 2 amide bonds. The molecule has 6 heteroatoms. The summed E-state index contributed by atoms with van der Waals surface area (Å²) < 4.78 is 1.62. The van der Waals surface area contributed by atoms with Crippen LogP contribution < -0.4 is 10.9 Å². The minimum atomic E-state index is -0.461. The first-order valence-corrected chi connectivity index (χ1v) is 10.5. The van der Waals surface area contributed by atoms with Gasteiger partial charge in [0.15, 0.2) is 0 Å². The highest BCUT2D eigenvalue weighted by molar-refractivity contribution is 5.89. The van der Waals surface area contributed by atoms with Gasteiger partial charge in [-0.2, -0.15) is 0 Å². The first kappa shape index (κ1) is 21.3. The predicted octanol–water partition coefficient (Wildman–Crippen LogP) is 5.23. The molecule has 0 fully saturated rings. The number of rotatable bonds is 4. The van der Waals surface area contributed by atoms with Gasteiger partial charge in [0.25, 0.3) is 5.56 Å². The van der Waals surface area contributed by atoms with E-state index < -0.39 is 6.04 Å². The fourth-order valence-corrected chi connectivity index (χ4v) is 3.76. The molecule has 0 aliphatic carbocycles. The second-order valence-electron chi connectivity index (χ2n) is 8.00. The van der Waals surface area contributed by atoms with Crippen LogP contribution in [-0.2, 0) is 0 Å². The van der Waals surface area contributed by atoms with Crippen LogP contribution in [0.15, 0.2) is 77.6 Å². The SMILES string of the molecule is Cc1cccc(NC(=O)N(C)C(C)c2nc3ccccc3c(=O)n2-c2ccccc2C)c1. The maximum absolute atomic E-state index is 13.5. The van der Waals surface area contributed by atoms with Crippen molar-refractivity contribution in [3.63, 3.8) is 0 Å². The molecule has 0 saturated carbocycles. The zero-order valence-electron chi connectivity index (χ0n) is 18.7. The zero-order valence-corrected chi connectivity index (χ0v) is 18.7. The first-order chi connectivity index (χ1) is 15.4. The smallest absolute Gasteiger partial charge is 0.318 e. The molecule has 4 rings (SSSR count). The van der Waals surface area contributed by atoms with Crippen molar-refractivity contribution >= 4 is 22.6 Å². The van der Waals surface area contributed by atoms with Gasteiger partial charge in [-0.05, 0) is 62.2 Å². The topological polar surface area (TPSA) is 67.2 Å². The second kappa shape index (κ2) is 8.67. The number of nitrogens with one attached hydrogen (secondary N) is 1. The maximum atomic E-state index is 13.5. The third-order valence-electron chi connectivity index (χ3n) is 5.70. The van der Waals surface area contributed by atoms with Crippen molar-refractivity contribution in [1.82, 2.24) is 14.5 Å². The molecule has 4 aromatic rings. The van der Waals surface area contributed by atoms with Crippen molar-refractivity contribution < 1.29 is 4.79 Å². The van der Waals surface area contributed by atoms with Crippen LogP contribution in [-0.4, -0.2) is 27.5 Å². The summed E-state index contributed by atoms with van der Waals surface area (Å²) >= 11 is 0. The number of amides is 2. The molecular formula is C26H26N4O2. The first-order valence-electron chi connectivity index (χ1n) is 10.5. The minimum absolute atomic E-state index is 0.153. The van der Waals surface area contributed by atoms with Gasteiger partial charge in [-0.1, -0.05) is 42.5 Å². The summed E-state index contributed by atoms with van der Waals surface area (Å²) in [5, 5.41) is 3.47. The molecule has 1 atom stereocenters. The molecule has 1 unspecified atom stereocenters. The monoisotopic (exact) mass is 426 g/mol. The van der Waals surface area contributed by atoms with Gasteiger partial charge < -0.3 is 10.2 Å². The Morgan fingerprint density at radius 1 is 1.00 bits per heavy atom. The van der Waals surface area contributed by atoms with E-state index >= 15 is 0 Å². The quantitative estimate of drug-likeness (QED) is 0.486. The Kier molecular flexibility index (Phi) is 5.77. The summed E-state index contributed by atoms with van der Waals surface area (Å²) in [5.41, 5.74) is 3.94. The van der Waals surface area contributed by atoms with Crippen molar-refractivity contribution in [1.29, 1.82) is 0 Å². The predicted molar refractivity (Wildman–Crippen MR) is 128 cm³/mol. The van der Waals surface area contributed by atoms with Gasteiger partial charge >= 0.3 is 6.03 Å². The van der Waals surface area contributed by atoms with Gasteiger partial charge in [0.2, 0.25) is 0 Å². The molecule has 6 nitrogen and oxygen atoms in total. The lowest BCUT2D eigenvalue weighted by atomic mass is 10.1. The molecule has 162 valence electrons. The molecular weight excluding hydrogens is 400 g/mol. The Hall–Kier alpha value is -3.93. The van der Waals surface area contributed by atoms with E-state index in [1.54, 1.807) is 22.6 Å². The van der Waals surface area contributed by atoms with Crippen molar-refractivity contribution in [3.05, 3.63) is 100 Å². The highest BCUT2D eigenvalue weighted by Crippen LogP contribution is 2.24. The Balaban J connectivity index is 1.80. The van der Waals surface area contributed by atoms with Crippen molar-refractivity contribution in [3.8, 4) is 5.69 Å². The summed E-state index contributed by atoms with van der Waals surface area (Å²) in [7, 11) is 1.71. The van der Waals surface area contributed by atoms with Crippen LogP contribution in [0.2, 0.25) is 0 Å². The molecule has 1 N–H and O–H groups in total. The Morgan fingerprint density at radius 2 is 1.72 bits per heavy atom. The van der Waals surface area contributed by atoms with Crippen molar-refractivity contribution in [2.45, 2.75) is 26.8 Å². The van der Waals surface area contributed by atoms with Crippen LogP contribution in [0.25, 0.3) is 16.6 Å². The second-order valence-corrected chi connectivity index (χ2v) is 8.00. The van der Waals surface area contributed by atoms with Crippen LogP contribution in [0.4, 0.5) is 10.5 Å². The number of hydrogen-bond acceptors (Lipinski definition) is 3. The third-order valence-corrected chi connectivity index (χ3v) is 5.70. The lowest BCUT2D eigenvalue weighted by Gasteiger charge is -2.27. The molecule has 3 aromatic carbocycles. The number of hydrogen-bond donors (Lipinski definition) is 1. The van der Waals surface area contributed by atoms with Crippen LogP contribution in [0.5, 0.6) is 0 Å². The Labute approximate surface area is 187 Å². The summed E-state index contributed by atoms with van der Waals surface area (Å²) in [6.07, 6.45) is 0. The fraction of sp³-hybridized carbons (Fsp3) is 0.192. The number of nitrogens with zero attached hydrogens (tertiary/aromatic N) is 3. The fourth-order valence-electron chi connectivity index (χ4n) is 3.76. The standard InChI is InChI=1S/C26H26N4O2/c1-17-10-9-12-20(16-17)27-26(32)29(4)19(3)24-28-22-14-7-6-13-21(22)25(31)30(24)23-15-8-5-11-18(23)2/h5-16,19H,1-4H3,(H,27,32). The van der Waals surface area contributed by atoms with Crippen LogP contribution >= 0.6 is 0 Å². The van der Waals surface area contributed by atoms with Gasteiger partial charge in [-0.25, -0.2) is 9.78 Å². The summed E-state index contributed by atoms with van der Waals surface area (Å²) in [6, 6.07) is 21.9. The largest absolute Gasteiger partial charge is 0.322 e. The number of carbonyl (C=O) groups is 1. The molecule has 0 aliphatic heterocycles. The van der Waals surface area contributed by atoms with Gasteiger partial charge in [-0.15, -0.1) is 0 Å². The average Bonchev–Trinajstić information content (AvgIpc) is 2.79. The Morgan fingerprint density at radius 3 is 2.47 bits per heavy atom. The van der Waals surface area contributed by atoms with E-state index in [2.05, 4.69) is 5.32 Å². The van der Waals surface area contributed by atoms with Crippen molar-refractivity contribution in [2.75, 3.05) is 12.4 Å². The zero-order chi connectivity index (χ0) is 22.8. The number of fused-ring (bicyclic) bond motifs is 1. The van der Waals surface area contributed by atoms with Crippen LogP contribution in [0.1, 0.15) is 29.9 Å². The molecule has 0 radical (unpaired) electrons. The highest BCUT2D eigenvalue weighted by Gasteiger charge is 2.24. The molecule has 32 heavy (non-hydrogen) atoms. The van der Waals surface area contributed by atoms with E-state index in [9.17, 15) is 9.59 Å². The van der Waals surface area contributed by atoms with Crippen molar-refractivity contribution in [2.24, 2.45) is 0 Å². The summed E-state index contributed by atoms with van der Waals surface area (Å²) in [4.78, 5) is 32.9. The van der Waals surface area contributed by atoms with Gasteiger partial charge in [0.1, 0.15) is 5.82 Å². The highest BCUT2D eigenvalue weighted by atomic mass is 16.2. The summed E-state index contributed by atoms with van der Waals surface area (Å²) in [5.74, 6) is 0.505. The normalized spacial score (nSPS) is 11.9. The number of benzene rings is 3. The summed E-state index contributed by atoms with van der Waals surface area (Å²) in [6.45, 7) is 5.81. The number of aromatic nitrogens is 2. The van der Waals surface area contributed by atoms with E-state index in [0.29, 0.717) is 16.7 Å². The third kappa shape index (κ3) is 3.99. The molecule has 1 aromatic heterocycles. The molecule has 0 spiro atoms. The van der Waals surface area contributed by atoms with E-state index in [1.807, 2.05) is 87.5 Å². The van der Waals surface area contributed by atoms with Gasteiger partial charge in [0, 0.05) is 12.7 Å². The molecule has 0 saturated heterocycles. The average molecular weight is 427 g/mol. The van der Waals surface area contributed by atoms with Gasteiger partial charge in [-0.3, -0.25) is 9.36 Å². The van der Waals surface area contributed by atoms with Gasteiger partial charge in [0.05, 0.1) is 22.6 Å². The number of carbonyl (C=O) groups excluding carboxylic acids is 1. The van der Waals surface area contributed by atoms with Crippen LogP contribution in [0, 0.1) is 13.8 Å². The number of anilines is 1. The molecule has 1 heterocycles. The van der Waals surface area contributed by atoms with E-state index in [-0.39, 0.29) is 11.6 Å². The number of urea groups is 1. The number of aryl methyl sites for hydroxylation is 2. The maximum Gasteiger partial charge on any atom is 0.322 e. The Bertz CT molecular complexity index is 1360. The van der Waals surface area contributed by atoms with E-state index in [1.165, 1.54) is 0 Å². The van der Waals surface area contributed by atoms with E-state index in [0.717, 1.165) is 22.5 Å². The minimum Gasteiger partial charge on any atom is -0.318 e. The molecule has 0 aliphatic rings. The van der Waals surface area contributed by atoms with E-state index in [4.69, 9.17) is 4.98 Å². The van der Waals surface area contributed by atoms with Crippen LogP contribution in [0.3, 0.4) is 0 Å². The lowest BCUT2D eigenvalue weighted by Crippen LogP contribution is -2.37. The molecule has 0 bridgehead atoms.